The molecule has 1 N–H and O–H groups in total. The number of nitrogens with zero attached hydrogens (tertiary/aromatic N) is 4. The lowest BCUT2D eigenvalue weighted by Gasteiger charge is -2.10. The molecule has 0 saturated carbocycles. The number of rotatable bonds is 6. The Kier molecular flexibility index (Phi) is 5.21. The fourth-order valence-corrected chi connectivity index (χ4v) is 3.48. The number of ether oxygens (including phenoxy) is 1. The van der Waals surface area contributed by atoms with Gasteiger partial charge in [0.05, 0.1) is 12.6 Å². The van der Waals surface area contributed by atoms with Gasteiger partial charge in [-0.1, -0.05) is 42.0 Å². The lowest BCUT2D eigenvalue weighted by atomic mass is 10.1. The zero-order valence-corrected chi connectivity index (χ0v) is 17.7. The Morgan fingerprint density at radius 2 is 1.69 bits per heavy atom. The molecule has 0 bridgehead atoms. The first-order chi connectivity index (χ1) is 15.7. The zero-order chi connectivity index (χ0) is 21.9. The number of anilines is 1. The molecule has 0 spiro atoms. The van der Waals surface area contributed by atoms with Crippen LogP contribution in [0.15, 0.2) is 77.2 Å². The van der Waals surface area contributed by atoms with Crippen molar-refractivity contribution in [3.05, 3.63) is 83.9 Å². The van der Waals surface area contributed by atoms with Crippen LogP contribution in [0.2, 0.25) is 0 Å². The van der Waals surface area contributed by atoms with E-state index in [1.165, 1.54) is 11.1 Å². The summed E-state index contributed by atoms with van der Waals surface area (Å²) in [7, 11) is 1.63. The summed E-state index contributed by atoms with van der Waals surface area (Å²) in [5.74, 6) is 2.52. The van der Waals surface area contributed by atoms with Crippen molar-refractivity contribution in [3.63, 3.8) is 0 Å². The summed E-state index contributed by atoms with van der Waals surface area (Å²) in [4.78, 5) is 9.35. The largest absolute Gasteiger partial charge is 0.497 e. The summed E-state index contributed by atoms with van der Waals surface area (Å²) in [6, 6.07) is 23.6. The number of methoxy groups -OCH3 is 1. The quantitative estimate of drug-likeness (QED) is 0.398. The molecule has 5 rings (SSSR count). The molecular formula is C25H21N5O2. The second-order valence-corrected chi connectivity index (χ2v) is 7.40. The fraction of sp³-hybridized carbons (Fsp3) is 0.120. The highest BCUT2D eigenvalue weighted by atomic mass is 16.5. The van der Waals surface area contributed by atoms with Crippen LogP contribution in [0.4, 0.5) is 5.82 Å². The average molecular weight is 423 g/mol. The normalized spacial score (nSPS) is 10.9. The van der Waals surface area contributed by atoms with Crippen molar-refractivity contribution in [1.29, 1.82) is 0 Å². The predicted octanol–water partition coefficient (Wildman–Crippen LogP) is 5.28. The maximum atomic E-state index is 5.90. The SMILES string of the molecule is COc1ccc(-c2nnc(-c3nc(NCc4cccc(C)c4)c4ccccc4n3)o2)cc1. The number of aromatic nitrogens is 4. The highest BCUT2D eigenvalue weighted by Crippen LogP contribution is 2.27. The first-order valence-corrected chi connectivity index (χ1v) is 10.2. The van der Waals surface area contributed by atoms with Crippen LogP contribution in [0.5, 0.6) is 5.75 Å². The number of benzene rings is 3. The third-order valence-electron chi connectivity index (χ3n) is 5.10. The molecule has 0 radical (unpaired) electrons. The van der Waals surface area contributed by atoms with Crippen molar-refractivity contribution >= 4 is 16.7 Å². The van der Waals surface area contributed by atoms with E-state index in [-0.39, 0.29) is 5.89 Å². The van der Waals surface area contributed by atoms with E-state index in [9.17, 15) is 0 Å². The number of nitrogens with one attached hydrogen (secondary N) is 1. The first-order valence-electron chi connectivity index (χ1n) is 10.2. The maximum absolute atomic E-state index is 5.90. The molecule has 0 unspecified atom stereocenters. The van der Waals surface area contributed by atoms with Crippen LogP contribution in [-0.2, 0) is 6.54 Å². The van der Waals surface area contributed by atoms with E-state index in [2.05, 4.69) is 51.7 Å². The second kappa shape index (κ2) is 8.47. The molecule has 0 saturated heterocycles. The van der Waals surface area contributed by atoms with Gasteiger partial charge in [0, 0.05) is 17.5 Å². The number of para-hydroxylation sites is 1. The van der Waals surface area contributed by atoms with Crippen LogP contribution in [0.25, 0.3) is 34.1 Å². The Morgan fingerprint density at radius 1 is 0.875 bits per heavy atom. The molecule has 2 aromatic heterocycles. The lowest BCUT2D eigenvalue weighted by Crippen LogP contribution is -2.04. The van der Waals surface area contributed by atoms with E-state index < -0.39 is 0 Å². The Labute approximate surface area is 185 Å². The molecule has 0 fully saturated rings. The van der Waals surface area contributed by atoms with E-state index >= 15 is 0 Å². The van der Waals surface area contributed by atoms with Gasteiger partial charge < -0.3 is 14.5 Å². The van der Waals surface area contributed by atoms with Gasteiger partial charge >= 0.3 is 0 Å². The van der Waals surface area contributed by atoms with Gasteiger partial charge in [-0.25, -0.2) is 9.97 Å². The topological polar surface area (TPSA) is 86.0 Å². The van der Waals surface area contributed by atoms with Crippen LogP contribution in [-0.4, -0.2) is 27.3 Å². The number of fused-ring (bicyclic) bond motifs is 1. The summed E-state index contributed by atoms with van der Waals surface area (Å²) in [5.41, 5.74) is 3.99. The minimum Gasteiger partial charge on any atom is -0.497 e. The predicted molar refractivity (Wildman–Crippen MR) is 123 cm³/mol. The molecule has 2 heterocycles. The molecule has 0 aliphatic heterocycles. The van der Waals surface area contributed by atoms with Crippen molar-refractivity contribution < 1.29 is 9.15 Å². The zero-order valence-electron chi connectivity index (χ0n) is 17.7. The molecule has 158 valence electrons. The number of hydrogen-bond donors (Lipinski definition) is 1. The first kappa shape index (κ1) is 19.7. The van der Waals surface area contributed by atoms with Gasteiger partial charge in [-0.3, -0.25) is 0 Å². The molecule has 7 nitrogen and oxygen atoms in total. The van der Waals surface area contributed by atoms with E-state index in [1.807, 2.05) is 48.5 Å². The summed E-state index contributed by atoms with van der Waals surface area (Å²) < 4.78 is 11.1. The summed E-state index contributed by atoms with van der Waals surface area (Å²) in [6.45, 7) is 2.72. The fourth-order valence-electron chi connectivity index (χ4n) is 3.48. The molecule has 0 atom stereocenters. The van der Waals surface area contributed by atoms with Gasteiger partial charge in [-0.15, -0.1) is 10.2 Å². The molecule has 32 heavy (non-hydrogen) atoms. The summed E-state index contributed by atoms with van der Waals surface area (Å²) in [5, 5.41) is 12.7. The number of hydrogen-bond acceptors (Lipinski definition) is 7. The highest BCUT2D eigenvalue weighted by Gasteiger charge is 2.16. The molecule has 0 aliphatic carbocycles. The van der Waals surface area contributed by atoms with Crippen LogP contribution in [0, 0.1) is 6.92 Å². The molecule has 0 aliphatic rings. The Hall–Kier alpha value is -4.26. The highest BCUT2D eigenvalue weighted by molar-refractivity contribution is 5.90. The lowest BCUT2D eigenvalue weighted by molar-refractivity contribution is 0.415. The van der Waals surface area contributed by atoms with Crippen LogP contribution < -0.4 is 10.1 Å². The monoisotopic (exact) mass is 423 g/mol. The summed E-state index contributed by atoms with van der Waals surface area (Å²) >= 11 is 0. The average Bonchev–Trinajstić information content (AvgIpc) is 3.33. The van der Waals surface area contributed by atoms with Gasteiger partial charge in [0.25, 0.3) is 5.89 Å². The number of aryl methyl sites for hydroxylation is 1. The van der Waals surface area contributed by atoms with Gasteiger partial charge in [-0.05, 0) is 48.9 Å². The van der Waals surface area contributed by atoms with Crippen molar-refractivity contribution in [3.8, 4) is 28.9 Å². The Bertz CT molecular complexity index is 1380. The van der Waals surface area contributed by atoms with Crippen LogP contribution in [0.1, 0.15) is 11.1 Å². The smallest absolute Gasteiger partial charge is 0.286 e. The van der Waals surface area contributed by atoms with E-state index in [0.717, 1.165) is 28.0 Å². The standard InChI is InChI=1S/C25H21N5O2/c1-16-6-5-7-17(14-16)15-26-22-20-8-3-4-9-21(20)27-23(28-22)25-30-29-24(32-25)18-10-12-19(31-2)13-11-18/h3-14H,15H2,1-2H3,(H,26,27,28). The Morgan fingerprint density at radius 3 is 2.50 bits per heavy atom. The van der Waals surface area contributed by atoms with Crippen molar-refractivity contribution in [1.82, 2.24) is 20.2 Å². The van der Waals surface area contributed by atoms with E-state index in [1.54, 1.807) is 7.11 Å². The van der Waals surface area contributed by atoms with Gasteiger partial charge in [-0.2, -0.15) is 0 Å². The van der Waals surface area contributed by atoms with Gasteiger partial charge in [0.1, 0.15) is 11.6 Å². The molecule has 5 aromatic rings. The van der Waals surface area contributed by atoms with Crippen molar-refractivity contribution in [2.75, 3.05) is 12.4 Å². The Balaban J connectivity index is 1.48. The van der Waals surface area contributed by atoms with E-state index in [4.69, 9.17) is 14.1 Å². The molecule has 3 aromatic carbocycles. The molecule has 0 amide bonds. The minimum atomic E-state index is 0.264. The van der Waals surface area contributed by atoms with E-state index in [0.29, 0.717) is 18.3 Å². The van der Waals surface area contributed by atoms with Crippen molar-refractivity contribution in [2.45, 2.75) is 13.5 Å². The van der Waals surface area contributed by atoms with Crippen molar-refractivity contribution in [2.24, 2.45) is 0 Å². The summed E-state index contributed by atoms with van der Waals surface area (Å²) in [6.07, 6.45) is 0. The van der Waals surface area contributed by atoms with Gasteiger partial charge in [0.2, 0.25) is 11.7 Å². The van der Waals surface area contributed by atoms with Crippen LogP contribution >= 0.6 is 0 Å². The van der Waals surface area contributed by atoms with Crippen LogP contribution in [0.3, 0.4) is 0 Å². The molecule has 7 heteroatoms. The maximum Gasteiger partial charge on any atom is 0.286 e. The minimum absolute atomic E-state index is 0.264. The third-order valence-corrected chi connectivity index (χ3v) is 5.10. The van der Waals surface area contributed by atoms with Gasteiger partial charge in [0.15, 0.2) is 0 Å². The second-order valence-electron chi connectivity index (χ2n) is 7.40. The molecular weight excluding hydrogens is 402 g/mol. The third kappa shape index (κ3) is 4.00.